The van der Waals surface area contributed by atoms with Crippen LogP contribution in [0.4, 0.5) is 24.9 Å². The van der Waals surface area contributed by atoms with Crippen LogP contribution >= 0.6 is 0 Å². The number of alkyl halides is 3. The quantitative estimate of drug-likeness (QED) is 0.811. The van der Waals surface area contributed by atoms with Crippen LogP contribution in [0.1, 0.15) is 16.8 Å². The molecule has 28 heavy (non-hydrogen) atoms. The topological polar surface area (TPSA) is 53.5 Å². The van der Waals surface area contributed by atoms with Crippen molar-refractivity contribution in [2.45, 2.75) is 26.3 Å². The number of hydrogen-bond acceptors (Lipinski definition) is 6. The molecule has 0 unspecified atom stereocenters. The van der Waals surface area contributed by atoms with Gasteiger partial charge in [0.05, 0.1) is 0 Å². The second-order valence-electron chi connectivity index (χ2n) is 7.07. The maximum Gasteiger partial charge on any atom is 0.573 e. The van der Waals surface area contributed by atoms with Gasteiger partial charge in [-0.3, -0.25) is 0 Å². The molecule has 1 aliphatic rings. The lowest BCUT2D eigenvalue weighted by molar-refractivity contribution is -0.274. The van der Waals surface area contributed by atoms with Gasteiger partial charge < -0.3 is 19.9 Å². The summed E-state index contributed by atoms with van der Waals surface area (Å²) in [6.45, 7) is 4.76. The molecule has 0 spiro atoms. The SMILES string of the molecule is Cc1cc(N2CCc3cc(OC(F)(F)F)ccc3C2)nc(NCCN(C)C)n1. The number of nitrogens with zero attached hydrogens (tertiary/aromatic N) is 4. The van der Waals surface area contributed by atoms with E-state index in [4.69, 9.17) is 0 Å². The number of halogens is 3. The van der Waals surface area contributed by atoms with Crippen molar-refractivity contribution in [2.24, 2.45) is 0 Å². The maximum absolute atomic E-state index is 12.4. The minimum atomic E-state index is -4.68. The molecule has 2 aromatic rings. The van der Waals surface area contributed by atoms with Gasteiger partial charge in [0.1, 0.15) is 11.6 Å². The highest BCUT2D eigenvalue weighted by molar-refractivity contribution is 5.49. The van der Waals surface area contributed by atoms with Crippen molar-refractivity contribution in [3.63, 3.8) is 0 Å². The zero-order valence-electron chi connectivity index (χ0n) is 16.2. The molecule has 0 radical (unpaired) electrons. The summed E-state index contributed by atoms with van der Waals surface area (Å²) in [5, 5.41) is 3.23. The van der Waals surface area contributed by atoms with Gasteiger partial charge in [-0.1, -0.05) is 6.07 Å². The van der Waals surface area contributed by atoms with Gasteiger partial charge in [-0.15, -0.1) is 13.2 Å². The zero-order chi connectivity index (χ0) is 20.3. The number of hydrogen-bond donors (Lipinski definition) is 1. The lowest BCUT2D eigenvalue weighted by Crippen LogP contribution is -2.31. The predicted octanol–water partition coefficient (Wildman–Crippen LogP) is 3.22. The van der Waals surface area contributed by atoms with Gasteiger partial charge in [0.2, 0.25) is 5.95 Å². The van der Waals surface area contributed by atoms with Crippen molar-refractivity contribution >= 4 is 11.8 Å². The van der Waals surface area contributed by atoms with Crippen LogP contribution < -0.4 is 15.0 Å². The molecule has 1 aliphatic heterocycles. The van der Waals surface area contributed by atoms with E-state index >= 15 is 0 Å². The van der Waals surface area contributed by atoms with E-state index in [1.165, 1.54) is 12.1 Å². The molecule has 0 saturated carbocycles. The van der Waals surface area contributed by atoms with Gasteiger partial charge >= 0.3 is 6.36 Å². The van der Waals surface area contributed by atoms with Crippen molar-refractivity contribution in [1.29, 1.82) is 0 Å². The van der Waals surface area contributed by atoms with Gasteiger partial charge in [-0.05, 0) is 50.7 Å². The second kappa shape index (κ2) is 8.22. The number of aromatic nitrogens is 2. The van der Waals surface area contributed by atoms with Crippen LogP contribution in [0.3, 0.4) is 0 Å². The van der Waals surface area contributed by atoms with Crippen LogP contribution in [0.15, 0.2) is 24.3 Å². The average molecular weight is 395 g/mol. The molecule has 0 saturated heterocycles. The first kappa shape index (κ1) is 20.2. The largest absolute Gasteiger partial charge is 0.573 e. The molecule has 1 N–H and O–H groups in total. The fourth-order valence-electron chi connectivity index (χ4n) is 3.11. The number of likely N-dealkylation sites (N-methyl/N-ethyl adjacent to an activating group) is 1. The lowest BCUT2D eigenvalue weighted by Gasteiger charge is -2.30. The normalized spacial score (nSPS) is 14.2. The van der Waals surface area contributed by atoms with Crippen molar-refractivity contribution in [1.82, 2.24) is 14.9 Å². The van der Waals surface area contributed by atoms with Crippen LogP contribution in [0.25, 0.3) is 0 Å². The van der Waals surface area contributed by atoms with E-state index in [9.17, 15) is 13.2 Å². The number of fused-ring (bicyclic) bond motifs is 1. The van der Waals surface area contributed by atoms with Crippen LogP contribution in [-0.4, -0.2) is 55.0 Å². The molecule has 0 fully saturated rings. The van der Waals surface area contributed by atoms with Crippen molar-refractivity contribution < 1.29 is 17.9 Å². The third-order valence-electron chi connectivity index (χ3n) is 4.43. The number of nitrogens with one attached hydrogen (secondary N) is 1. The molecule has 0 atom stereocenters. The summed E-state index contributed by atoms with van der Waals surface area (Å²) in [6.07, 6.45) is -4.06. The second-order valence-corrected chi connectivity index (χ2v) is 7.07. The van der Waals surface area contributed by atoms with E-state index in [-0.39, 0.29) is 5.75 Å². The summed E-state index contributed by atoms with van der Waals surface area (Å²) >= 11 is 0. The number of aryl methyl sites for hydroxylation is 1. The molecule has 3 rings (SSSR count). The van der Waals surface area contributed by atoms with Gasteiger partial charge in [-0.2, -0.15) is 4.98 Å². The minimum Gasteiger partial charge on any atom is -0.406 e. The Bertz CT molecular complexity index is 826. The Hall–Kier alpha value is -2.55. The van der Waals surface area contributed by atoms with Crippen LogP contribution in [0.2, 0.25) is 0 Å². The average Bonchev–Trinajstić information content (AvgIpc) is 2.59. The molecule has 0 bridgehead atoms. The van der Waals surface area contributed by atoms with Crippen LogP contribution in [0, 0.1) is 6.92 Å². The van der Waals surface area contributed by atoms with Crippen molar-refractivity contribution in [3.8, 4) is 5.75 Å². The summed E-state index contributed by atoms with van der Waals surface area (Å²) in [7, 11) is 4.00. The summed E-state index contributed by atoms with van der Waals surface area (Å²) in [4.78, 5) is 13.2. The van der Waals surface area contributed by atoms with Gasteiger partial charge in [0, 0.05) is 37.9 Å². The smallest absolute Gasteiger partial charge is 0.406 e. The minimum absolute atomic E-state index is 0.176. The van der Waals surface area contributed by atoms with Crippen LogP contribution in [0.5, 0.6) is 5.75 Å². The first-order chi connectivity index (χ1) is 13.2. The van der Waals surface area contributed by atoms with Gasteiger partial charge in [-0.25, -0.2) is 4.98 Å². The van der Waals surface area contributed by atoms with E-state index in [1.54, 1.807) is 6.07 Å². The third-order valence-corrected chi connectivity index (χ3v) is 4.43. The maximum atomic E-state index is 12.4. The molecule has 9 heteroatoms. The molecule has 1 aromatic heterocycles. The third kappa shape index (κ3) is 5.48. The summed E-state index contributed by atoms with van der Waals surface area (Å²) in [5.41, 5.74) is 2.70. The number of anilines is 2. The molecule has 1 aromatic carbocycles. The Balaban J connectivity index is 1.72. The van der Waals surface area contributed by atoms with Crippen molar-refractivity contribution in [3.05, 3.63) is 41.1 Å². The van der Waals surface area contributed by atoms with Gasteiger partial charge in [0.25, 0.3) is 0 Å². The molecular formula is C19H24F3N5O. The molecule has 0 aliphatic carbocycles. The van der Waals surface area contributed by atoms with Gasteiger partial charge in [0.15, 0.2) is 0 Å². The molecule has 152 valence electrons. The molecule has 6 nitrogen and oxygen atoms in total. The van der Waals surface area contributed by atoms with E-state index in [0.717, 1.165) is 35.7 Å². The monoisotopic (exact) mass is 395 g/mol. The fraction of sp³-hybridized carbons (Fsp3) is 0.474. The fourth-order valence-corrected chi connectivity index (χ4v) is 3.11. The summed E-state index contributed by atoms with van der Waals surface area (Å²) in [6, 6.07) is 6.44. The Kier molecular flexibility index (Phi) is 5.93. The highest BCUT2D eigenvalue weighted by Crippen LogP contribution is 2.29. The molecule has 2 heterocycles. The highest BCUT2D eigenvalue weighted by Gasteiger charge is 2.31. The molecular weight excluding hydrogens is 371 g/mol. The summed E-state index contributed by atoms with van der Waals surface area (Å²) in [5.74, 6) is 1.21. The first-order valence-electron chi connectivity index (χ1n) is 9.06. The highest BCUT2D eigenvalue weighted by atomic mass is 19.4. The number of ether oxygens (including phenoxy) is 1. The number of rotatable bonds is 6. The van der Waals surface area contributed by atoms with E-state index in [2.05, 4.69) is 29.8 Å². The Morgan fingerprint density at radius 2 is 1.96 bits per heavy atom. The zero-order valence-corrected chi connectivity index (χ0v) is 16.2. The Morgan fingerprint density at radius 3 is 2.68 bits per heavy atom. The van der Waals surface area contributed by atoms with Crippen LogP contribution in [-0.2, 0) is 13.0 Å². The van der Waals surface area contributed by atoms with E-state index in [1.807, 2.05) is 27.1 Å². The van der Waals surface area contributed by atoms with E-state index in [0.29, 0.717) is 25.5 Å². The predicted molar refractivity (Wildman–Crippen MR) is 102 cm³/mol. The number of benzene rings is 1. The summed E-state index contributed by atoms with van der Waals surface area (Å²) < 4.78 is 41.3. The standard InChI is InChI=1S/C19H24F3N5O/c1-13-10-17(25-18(24-13)23-7-9-26(2)3)27-8-6-14-11-16(28-19(20,21)22)5-4-15(14)12-27/h4-5,10-11H,6-9,12H2,1-3H3,(H,23,24,25). The van der Waals surface area contributed by atoms with E-state index < -0.39 is 6.36 Å². The lowest BCUT2D eigenvalue weighted by atomic mass is 9.99. The Labute approximate surface area is 162 Å². The van der Waals surface area contributed by atoms with Crippen molar-refractivity contribution in [2.75, 3.05) is 43.9 Å². The first-order valence-corrected chi connectivity index (χ1v) is 9.06. The Morgan fingerprint density at radius 1 is 1.18 bits per heavy atom. The molecule has 0 amide bonds.